The van der Waals surface area contributed by atoms with Gasteiger partial charge in [0.05, 0.1) is 24.5 Å². The van der Waals surface area contributed by atoms with Crippen LogP contribution in [0.15, 0.2) is 29.4 Å². The lowest BCUT2D eigenvalue weighted by atomic mass is 10.1. The third kappa shape index (κ3) is 2.27. The molecule has 0 amide bonds. The van der Waals surface area contributed by atoms with E-state index < -0.39 is 0 Å². The molecule has 1 aliphatic rings. The number of hydrogen-bond donors (Lipinski definition) is 0. The van der Waals surface area contributed by atoms with Gasteiger partial charge in [0.15, 0.2) is 0 Å². The number of hydrogen-bond acceptors (Lipinski definition) is 3. The van der Waals surface area contributed by atoms with Gasteiger partial charge < -0.3 is 4.74 Å². The summed E-state index contributed by atoms with van der Waals surface area (Å²) >= 11 is 0. The van der Waals surface area contributed by atoms with Gasteiger partial charge in [-0.1, -0.05) is 13.2 Å². The smallest absolute Gasteiger partial charge is 0.100 e. The van der Waals surface area contributed by atoms with Gasteiger partial charge >= 0.3 is 0 Å². The molecule has 0 unspecified atom stereocenters. The Bertz CT molecular complexity index is 305. The molecule has 0 saturated carbocycles. The highest BCUT2D eigenvalue weighted by Gasteiger charge is 2.21. The maximum Gasteiger partial charge on any atom is 0.100 e. The van der Waals surface area contributed by atoms with Gasteiger partial charge in [0.25, 0.3) is 0 Å². The number of ether oxygens (including phenoxy) is 1. The van der Waals surface area contributed by atoms with E-state index >= 15 is 0 Å². The van der Waals surface area contributed by atoms with Crippen molar-refractivity contribution in [1.29, 1.82) is 5.26 Å². The Hall–Kier alpha value is -1.40. The molecule has 0 N–H and O–H groups in total. The maximum absolute atomic E-state index is 8.54. The van der Waals surface area contributed by atoms with E-state index in [1.54, 1.807) is 6.92 Å². The largest absolute Gasteiger partial charge is 0.380 e. The molecule has 68 valence electrons. The number of nitriles is 1. The number of nitrogens with zero attached hydrogens (tertiary/aromatic N) is 2. The fraction of sp³-hybridized carbons (Fsp3) is 0.400. The van der Waals surface area contributed by atoms with Crippen molar-refractivity contribution in [3.05, 3.63) is 24.4 Å². The highest BCUT2D eigenvalue weighted by molar-refractivity contribution is 6.01. The molecule has 0 bridgehead atoms. The second-order valence-electron chi connectivity index (χ2n) is 3.01. The SMILES string of the molecule is C=C(C#N)C(C)=NC(=C)C1COC1. The van der Waals surface area contributed by atoms with Gasteiger partial charge in [-0.25, -0.2) is 0 Å². The topological polar surface area (TPSA) is 45.4 Å². The minimum absolute atomic E-state index is 0.321. The fourth-order valence-electron chi connectivity index (χ4n) is 0.883. The molecule has 3 nitrogen and oxygen atoms in total. The van der Waals surface area contributed by atoms with Crippen LogP contribution in [0.3, 0.4) is 0 Å². The summed E-state index contributed by atoms with van der Waals surface area (Å²) in [5, 5.41) is 8.54. The van der Waals surface area contributed by atoms with E-state index in [-0.39, 0.29) is 0 Å². The van der Waals surface area contributed by atoms with Crippen molar-refractivity contribution in [2.45, 2.75) is 6.92 Å². The second-order valence-corrected chi connectivity index (χ2v) is 3.01. The minimum atomic E-state index is 0.321. The monoisotopic (exact) mass is 176 g/mol. The van der Waals surface area contributed by atoms with Gasteiger partial charge in [0, 0.05) is 11.6 Å². The van der Waals surface area contributed by atoms with Crippen molar-refractivity contribution in [2.24, 2.45) is 10.9 Å². The molecule has 13 heavy (non-hydrogen) atoms. The standard InChI is InChI=1S/C10H12N2O/c1-7(4-11)8(2)12-9(3)10-5-13-6-10/h10H,1,3,5-6H2,2H3. The van der Waals surface area contributed by atoms with Crippen LogP contribution < -0.4 is 0 Å². The van der Waals surface area contributed by atoms with Gasteiger partial charge in [0.1, 0.15) is 6.07 Å². The summed E-state index contributed by atoms with van der Waals surface area (Å²) < 4.78 is 5.01. The van der Waals surface area contributed by atoms with Crippen LogP contribution in [-0.4, -0.2) is 18.9 Å². The molecule has 0 aromatic rings. The summed E-state index contributed by atoms with van der Waals surface area (Å²) in [5.41, 5.74) is 1.81. The first-order chi connectivity index (χ1) is 6.15. The average molecular weight is 176 g/mol. The molecule has 1 saturated heterocycles. The first-order valence-electron chi connectivity index (χ1n) is 4.06. The highest BCUT2D eigenvalue weighted by Crippen LogP contribution is 2.19. The predicted octanol–water partition coefficient (Wildman–Crippen LogP) is 1.69. The van der Waals surface area contributed by atoms with Crippen molar-refractivity contribution < 1.29 is 4.74 Å². The zero-order chi connectivity index (χ0) is 9.84. The summed E-state index contributed by atoms with van der Waals surface area (Å²) in [6, 6.07) is 1.95. The lowest BCUT2D eigenvalue weighted by Gasteiger charge is -2.25. The normalized spacial score (nSPS) is 17.4. The molecule has 0 aromatic heterocycles. The van der Waals surface area contributed by atoms with E-state index in [1.165, 1.54) is 0 Å². The number of allylic oxidation sites excluding steroid dienone is 1. The zero-order valence-electron chi connectivity index (χ0n) is 7.71. The lowest BCUT2D eigenvalue weighted by molar-refractivity contribution is -0.0135. The van der Waals surface area contributed by atoms with Crippen LogP contribution in [0.1, 0.15) is 6.92 Å². The molecule has 0 radical (unpaired) electrons. The molecule has 3 heteroatoms. The molecule has 0 aromatic carbocycles. The summed E-state index contributed by atoms with van der Waals surface area (Å²) in [6.07, 6.45) is 0. The fourth-order valence-corrected chi connectivity index (χ4v) is 0.883. The molecule has 1 aliphatic heterocycles. The van der Waals surface area contributed by atoms with E-state index in [0.717, 1.165) is 5.70 Å². The van der Waals surface area contributed by atoms with Gasteiger partial charge in [-0.2, -0.15) is 5.26 Å². The van der Waals surface area contributed by atoms with Crippen LogP contribution in [0.25, 0.3) is 0 Å². The molecule has 0 aliphatic carbocycles. The average Bonchev–Trinajstić information content (AvgIpc) is 1.99. The van der Waals surface area contributed by atoms with E-state index in [0.29, 0.717) is 30.4 Å². The summed E-state index contributed by atoms with van der Waals surface area (Å²) in [6.45, 7) is 10.5. The summed E-state index contributed by atoms with van der Waals surface area (Å²) in [5.74, 6) is 0.321. The van der Waals surface area contributed by atoms with Crippen LogP contribution in [0, 0.1) is 17.2 Å². The van der Waals surface area contributed by atoms with Gasteiger partial charge in [-0.05, 0) is 6.92 Å². The Balaban J connectivity index is 2.59. The van der Waals surface area contributed by atoms with E-state index in [4.69, 9.17) is 10.00 Å². The van der Waals surface area contributed by atoms with Crippen LogP contribution in [0.5, 0.6) is 0 Å². The van der Waals surface area contributed by atoms with Crippen LogP contribution in [-0.2, 0) is 4.74 Å². The van der Waals surface area contributed by atoms with Crippen LogP contribution in [0.2, 0.25) is 0 Å². The highest BCUT2D eigenvalue weighted by atomic mass is 16.5. The molecule has 1 heterocycles. The number of rotatable bonds is 3. The maximum atomic E-state index is 8.54. The minimum Gasteiger partial charge on any atom is -0.380 e. The number of aliphatic imine (C=N–C) groups is 1. The zero-order valence-corrected chi connectivity index (χ0v) is 7.71. The van der Waals surface area contributed by atoms with E-state index in [2.05, 4.69) is 18.2 Å². The summed E-state index contributed by atoms with van der Waals surface area (Å²) in [7, 11) is 0. The molecule has 0 atom stereocenters. The van der Waals surface area contributed by atoms with Gasteiger partial charge in [-0.15, -0.1) is 0 Å². The Labute approximate surface area is 78.0 Å². The molecule has 0 spiro atoms. The van der Waals surface area contributed by atoms with Crippen molar-refractivity contribution in [1.82, 2.24) is 0 Å². The van der Waals surface area contributed by atoms with Crippen molar-refractivity contribution in [2.75, 3.05) is 13.2 Å². The second kappa shape index (κ2) is 4.01. The quantitative estimate of drug-likeness (QED) is 0.485. The Kier molecular flexibility index (Phi) is 2.99. The third-order valence-corrected chi connectivity index (χ3v) is 1.99. The molecular weight excluding hydrogens is 164 g/mol. The first kappa shape index (κ1) is 9.69. The van der Waals surface area contributed by atoms with Crippen LogP contribution >= 0.6 is 0 Å². The summed E-state index contributed by atoms with van der Waals surface area (Å²) in [4.78, 5) is 4.19. The molecule has 1 rings (SSSR count). The van der Waals surface area contributed by atoms with Crippen molar-refractivity contribution in [3.63, 3.8) is 0 Å². The van der Waals surface area contributed by atoms with Gasteiger partial charge in [-0.3, -0.25) is 4.99 Å². The van der Waals surface area contributed by atoms with E-state index in [1.807, 2.05) is 6.07 Å². The Morgan fingerprint density at radius 1 is 1.54 bits per heavy atom. The van der Waals surface area contributed by atoms with Crippen molar-refractivity contribution in [3.8, 4) is 6.07 Å². The van der Waals surface area contributed by atoms with Crippen LogP contribution in [0.4, 0.5) is 0 Å². The first-order valence-corrected chi connectivity index (χ1v) is 4.06. The third-order valence-electron chi connectivity index (χ3n) is 1.99. The molecular formula is C10H12N2O. The van der Waals surface area contributed by atoms with E-state index in [9.17, 15) is 0 Å². The Morgan fingerprint density at radius 3 is 2.54 bits per heavy atom. The Morgan fingerprint density at radius 2 is 2.15 bits per heavy atom. The van der Waals surface area contributed by atoms with Crippen molar-refractivity contribution >= 4 is 5.71 Å². The van der Waals surface area contributed by atoms with Gasteiger partial charge in [0.2, 0.25) is 0 Å². The molecule has 1 fully saturated rings. The lowest BCUT2D eigenvalue weighted by Crippen LogP contribution is -2.28. The predicted molar refractivity (Wildman–Crippen MR) is 51.3 cm³/mol.